The van der Waals surface area contributed by atoms with Gasteiger partial charge in [0.15, 0.2) is 12.1 Å². The SMILES string of the molecule is CC[C@H]1OC(=O)CC[C@H](C)[C@@H](OC2OC(C)CC(N(C)C)C2O)[C@@H](CC=O)C[C@@H](C)C(=O)/C=C/C(C)=C/[C@@H]1CN. The van der Waals surface area contributed by atoms with Crippen LogP contribution >= 0.6 is 0 Å². The Morgan fingerprint density at radius 1 is 1.18 bits per heavy atom. The van der Waals surface area contributed by atoms with Crippen LogP contribution < -0.4 is 5.73 Å². The van der Waals surface area contributed by atoms with Crippen molar-refractivity contribution < 1.29 is 33.7 Å². The third-order valence-electron chi connectivity index (χ3n) is 8.36. The van der Waals surface area contributed by atoms with Crippen molar-refractivity contribution in [2.75, 3.05) is 20.6 Å². The van der Waals surface area contributed by atoms with Crippen molar-refractivity contribution in [3.8, 4) is 0 Å². The topological polar surface area (TPSA) is 128 Å². The van der Waals surface area contributed by atoms with Crippen LogP contribution in [-0.4, -0.2) is 85.4 Å². The first-order valence-electron chi connectivity index (χ1n) is 14.8. The Morgan fingerprint density at radius 2 is 1.88 bits per heavy atom. The van der Waals surface area contributed by atoms with Crippen molar-refractivity contribution in [1.82, 2.24) is 4.90 Å². The number of ketones is 1. The van der Waals surface area contributed by atoms with Gasteiger partial charge >= 0.3 is 5.97 Å². The lowest BCUT2D eigenvalue weighted by atomic mass is 9.80. The highest BCUT2D eigenvalue weighted by molar-refractivity contribution is 5.91. The molecule has 9 nitrogen and oxygen atoms in total. The van der Waals surface area contributed by atoms with Gasteiger partial charge < -0.3 is 34.7 Å². The molecule has 0 bridgehead atoms. The molecule has 0 aromatic carbocycles. The highest BCUT2D eigenvalue weighted by atomic mass is 16.7. The van der Waals surface area contributed by atoms with Crippen LogP contribution in [0.25, 0.3) is 0 Å². The Labute approximate surface area is 240 Å². The van der Waals surface area contributed by atoms with E-state index < -0.39 is 18.5 Å². The average molecular weight is 565 g/mol. The van der Waals surface area contributed by atoms with Crippen LogP contribution in [-0.2, 0) is 28.6 Å². The summed E-state index contributed by atoms with van der Waals surface area (Å²) in [6.45, 7) is 9.95. The van der Waals surface area contributed by atoms with Crippen molar-refractivity contribution in [2.24, 2.45) is 29.4 Å². The number of carbonyl (C=O) groups excluding carboxylic acids is 3. The minimum Gasteiger partial charge on any atom is -0.462 e. The van der Waals surface area contributed by atoms with E-state index in [1.807, 2.05) is 59.7 Å². The van der Waals surface area contributed by atoms with Gasteiger partial charge in [-0.1, -0.05) is 38.5 Å². The molecule has 0 aromatic rings. The van der Waals surface area contributed by atoms with Crippen molar-refractivity contribution in [3.63, 3.8) is 0 Å². The molecule has 228 valence electrons. The van der Waals surface area contributed by atoms with Gasteiger partial charge in [0.25, 0.3) is 0 Å². The number of aliphatic hydroxyl groups excluding tert-OH is 1. The maximum Gasteiger partial charge on any atom is 0.306 e. The number of likely N-dealkylation sites (N-methyl/N-ethyl adjacent to an activating group) is 1. The number of aliphatic hydroxyl groups is 1. The molecule has 0 aromatic heterocycles. The fraction of sp³-hybridized carbons (Fsp3) is 0.774. The zero-order valence-electron chi connectivity index (χ0n) is 25.5. The van der Waals surface area contributed by atoms with Crippen LogP contribution in [0, 0.1) is 23.7 Å². The molecule has 1 saturated heterocycles. The fourth-order valence-corrected chi connectivity index (χ4v) is 5.89. The normalized spacial score (nSPS) is 39.3. The predicted molar refractivity (Wildman–Crippen MR) is 154 cm³/mol. The van der Waals surface area contributed by atoms with Gasteiger partial charge in [0.2, 0.25) is 0 Å². The molecule has 4 unspecified atom stereocenters. The molecule has 0 radical (unpaired) electrons. The second-order valence-electron chi connectivity index (χ2n) is 12.0. The third-order valence-corrected chi connectivity index (χ3v) is 8.36. The number of hydrogen-bond acceptors (Lipinski definition) is 9. The van der Waals surface area contributed by atoms with Crippen LogP contribution in [0.3, 0.4) is 0 Å². The number of cyclic esters (lactones) is 1. The number of nitrogens with zero attached hydrogens (tertiary/aromatic N) is 1. The van der Waals surface area contributed by atoms with E-state index in [0.717, 1.165) is 11.9 Å². The molecular formula is C31H52N2O7. The smallest absolute Gasteiger partial charge is 0.306 e. The number of aldehydes is 1. The summed E-state index contributed by atoms with van der Waals surface area (Å²) in [7, 11) is 3.82. The van der Waals surface area contributed by atoms with Crippen molar-refractivity contribution in [3.05, 3.63) is 23.8 Å². The first kappa shape index (κ1) is 34.3. The quantitative estimate of drug-likeness (QED) is 0.353. The highest BCUT2D eigenvalue weighted by Crippen LogP contribution is 2.33. The van der Waals surface area contributed by atoms with Gasteiger partial charge in [-0.3, -0.25) is 9.59 Å². The lowest BCUT2D eigenvalue weighted by molar-refractivity contribution is -0.280. The van der Waals surface area contributed by atoms with Gasteiger partial charge in [-0.2, -0.15) is 0 Å². The van der Waals surface area contributed by atoms with Crippen molar-refractivity contribution >= 4 is 18.0 Å². The molecule has 40 heavy (non-hydrogen) atoms. The summed E-state index contributed by atoms with van der Waals surface area (Å²) in [6.07, 6.45) is 5.82. The molecule has 0 spiro atoms. The molecular weight excluding hydrogens is 512 g/mol. The summed E-state index contributed by atoms with van der Waals surface area (Å²) in [5, 5.41) is 11.1. The van der Waals surface area contributed by atoms with E-state index in [9.17, 15) is 19.5 Å². The van der Waals surface area contributed by atoms with Crippen molar-refractivity contribution in [1.29, 1.82) is 0 Å². The number of carbonyl (C=O) groups is 3. The Morgan fingerprint density at radius 3 is 2.48 bits per heavy atom. The highest BCUT2D eigenvalue weighted by Gasteiger charge is 2.41. The lowest BCUT2D eigenvalue weighted by Crippen LogP contribution is -2.55. The third kappa shape index (κ3) is 9.87. The number of nitrogens with two attached hydrogens (primary N) is 1. The van der Waals surface area contributed by atoms with E-state index in [2.05, 4.69) is 0 Å². The summed E-state index contributed by atoms with van der Waals surface area (Å²) < 4.78 is 18.4. The molecule has 9 heteroatoms. The van der Waals surface area contributed by atoms with Crippen LogP contribution in [0.4, 0.5) is 0 Å². The van der Waals surface area contributed by atoms with E-state index in [1.165, 1.54) is 0 Å². The van der Waals surface area contributed by atoms with E-state index in [4.69, 9.17) is 19.9 Å². The predicted octanol–water partition coefficient (Wildman–Crippen LogP) is 3.43. The zero-order chi connectivity index (χ0) is 30.0. The summed E-state index contributed by atoms with van der Waals surface area (Å²) in [5.41, 5.74) is 6.89. The molecule has 0 saturated carbocycles. The summed E-state index contributed by atoms with van der Waals surface area (Å²) in [6, 6.07) is -0.154. The van der Waals surface area contributed by atoms with Crippen LogP contribution in [0.15, 0.2) is 23.8 Å². The maximum atomic E-state index is 13.1. The molecule has 0 aliphatic carbocycles. The average Bonchev–Trinajstić information content (AvgIpc) is 2.91. The Kier molecular flexibility index (Phi) is 14.2. The molecule has 2 heterocycles. The van der Waals surface area contributed by atoms with Crippen molar-refractivity contribution in [2.45, 2.75) is 110 Å². The molecule has 0 amide bonds. The van der Waals surface area contributed by atoms with Gasteiger partial charge in [0, 0.05) is 37.3 Å². The second kappa shape index (κ2) is 16.5. The Hall–Kier alpha value is -1.91. The Balaban J connectivity index is 2.43. The summed E-state index contributed by atoms with van der Waals surface area (Å²) >= 11 is 0. The van der Waals surface area contributed by atoms with E-state index in [1.54, 1.807) is 12.2 Å². The molecule has 2 rings (SSSR count). The van der Waals surface area contributed by atoms with Gasteiger partial charge in [-0.15, -0.1) is 0 Å². The van der Waals surface area contributed by atoms with Crippen LogP contribution in [0.2, 0.25) is 0 Å². The molecule has 2 aliphatic heterocycles. The Bertz CT molecular complexity index is 889. The molecule has 2 aliphatic rings. The minimum absolute atomic E-state index is 0.0415. The number of rotatable bonds is 7. The van der Waals surface area contributed by atoms with Gasteiger partial charge in [-0.25, -0.2) is 0 Å². The molecule has 10 atom stereocenters. The largest absolute Gasteiger partial charge is 0.462 e. The fourth-order valence-electron chi connectivity index (χ4n) is 5.89. The van der Waals surface area contributed by atoms with Crippen LogP contribution in [0.1, 0.15) is 73.1 Å². The molecule has 3 N–H and O–H groups in total. The van der Waals surface area contributed by atoms with Gasteiger partial charge in [0.1, 0.15) is 18.5 Å². The van der Waals surface area contributed by atoms with E-state index >= 15 is 0 Å². The standard InChI is InChI=1S/C31H52N2O7/c1-8-27-24(18-32)15-19(2)9-11-26(35)21(4)16-23(13-14-34)30(20(3)10-12-28(36)39-27)40-31-29(37)25(33(6)7)17-22(5)38-31/h9,11,14-15,20-25,27,29-31,37H,8,10,12-13,16-18,32H2,1-7H3/b11-9+,19-15+/t20-,21+,22?,23-,24+,25?,27+,29?,30+,31?/m0/s1. The number of allylic oxidation sites excluding steroid dienone is 3. The number of esters is 1. The maximum absolute atomic E-state index is 13.1. The number of ether oxygens (including phenoxy) is 3. The lowest BCUT2D eigenvalue weighted by Gasteiger charge is -2.44. The second-order valence-corrected chi connectivity index (χ2v) is 12.0. The van der Waals surface area contributed by atoms with Gasteiger partial charge in [0.05, 0.1) is 12.2 Å². The zero-order valence-corrected chi connectivity index (χ0v) is 25.5. The first-order valence-corrected chi connectivity index (χ1v) is 14.8. The molecule has 1 fully saturated rings. The van der Waals surface area contributed by atoms with E-state index in [-0.39, 0.29) is 66.5 Å². The van der Waals surface area contributed by atoms with Gasteiger partial charge in [-0.05, 0) is 71.5 Å². The number of hydrogen-bond donors (Lipinski definition) is 2. The monoisotopic (exact) mass is 564 g/mol. The summed E-state index contributed by atoms with van der Waals surface area (Å²) in [5.74, 6) is -1.36. The van der Waals surface area contributed by atoms with Crippen LogP contribution in [0.5, 0.6) is 0 Å². The minimum atomic E-state index is -0.899. The van der Waals surface area contributed by atoms with E-state index in [0.29, 0.717) is 32.2 Å². The summed E-state index contributed by atoms with van der Waals surface area (Å²) in [4.78, 5) is 39.8. The first-order chi connectivity index (χ1) is 18.9.